The molecule has 1 heterocycles. The molecule has 3 aromatic rings. The van der Waals surface area contributed by atoms with Gasteiger partial charge in [-0.05, 0) is 12.1 Å². The lowest BCUT2D eigenvalue weighted by Gasteiger charge is -2.14. The van der Waals surface area contributed by atoms with E-state index in [1.807, 2.05) is 6.07 Å². The maximum absolute atomic E-state index is 13.3. The number of rotatable bonds is 8. The minimum Gasteiger partial charge on any atom is -0.422 e. The maximum atomic E-state index is 13.3. The lowest BCUT2D eigenvalue weighted by molar-refractivity contribution is -0.385. The quantitative estimate of drug-likeness (QED) is 0.0664. The molecule has 0 bridgehead atoms. The molecule has 0 saturated heterocycles. The highest BCUT2D eigenvalue weighted by atomic mass is 32.2. The van der Waals surface area contributed by atoms with Crippen LogP contribution in [0.3, 0.4) is 0 Å². The van der Waals surface area contributed by atoms with Crippen LogP contribution in [0.4, 0.5) is 5.69 Å². The van der Waals surface area contributed by atoms with Gasteiger partial charge in [0, 0.05) is 36.5 Å². The molecule has 3 rings (SSSR count). The van der Waals surface area contributed by atoms with E-state index in [1.54, 1.807) is 0 Å². The van der Waals surface area contributed by atoms with E-state index in [-0.39, 0.29) is 28.3 Å². The molecule has 0 fully saturated rings. The van der Waals surface area contributed by atoms with Crippen LogP contribution in [0.2, 0.25) is 0 Å². The molecule has 7 N–H and O–H groups in total. The van der Waals surface area contributed by atoms with Gasteiger partial charge in [-0.15, -0.1) is 10.2 Å². The van der Waals surface area contributed by atoms with Gasteiger partial charge in [-0.2, -0.15) is 21.4 Å². The Morgan fingerprint density at radius 1 is 1.15 bits per heavy atom. The van der Waals surface area contributed by atoms with Crippen molar-refractivity contribution in [1.82, 2.24) is 14.5 Å². The van der Waals surface area contributed by atoms with Gasteiger partial charge < -0.3 is 21.2 Å². The first-order valence-electron chi connectivity index (χ1n) is 10.2. The van der Waals surface area contributed by atoms with Crippen molar-refractivity contribution >= 4 is 27.8 Å². The SMILES string of the molecule is N#Cc1cnn(-c2ccc([N+](=O)[O-])cc2S(=O)(=O)NCc2ccc(OC(N=N)=NN)cc2OC(N=N)=NN)c1. The number of nitrogens with zero attached hydrogens (tertiary/aromatic N) is 8. The van der Waals surface area contributed by atoms with Gasteiger partial charge in [-0.1, -0.05) is 16.3 Å². The van der Waals surface area contributed by atoms with Crippen LogP contribution in [0.25, 0.3) is 5.69 Å². The molecule has 39 heavy (non-hydrogen) atoms. The van der Waals surface area contributed by atoms with E-state index in [0.717, 1.165) is 16.8 Å². The van der Waals surface area contributed by atoms with Crippen molar-refractivity contribution in [2.24, 2.45) is 32.1 Å². The highest BCUT2D eigenvalue weighted by Crippen LogP contribution is 2.28. The number of nitro benzene ring substituents is 1. The van der Waals surface area contributed by atoms with Crippen molar-refractivity contribution in [2.75, 3.05) is 0 Å². The third-order valence-electron chi connectivity index (χ3n) is 4.72. The summed E-state index contributed by atoms with van der Waals surface area (Å²) in [4.78, 5) is 10.1. The van der Waals surface area contributed by atoms with Crippen LogP contribution in [0.1, 0.15) is 11.1 Å². The Bertz CT molecular complexity index is 1640. The fourth-order valence-corrected chi connectivity index (χ4v) is 4.20. The molecular weight excluding hydrogens is 538 g/mol. The highest BCUT2D eigenvalue weighted by molar-refractivity contribution is 7.89. The minimum atomic E-state index is -4.46. The largest absolute Gasteiger partial charge is 0.422 e. The lowest BCUT2D eigenvalue weighted by Crippen LogP contribution is -2.25. The van der Waals surface area contributed by atoms with Crippen molar-refractivity contribution in [3.05, 3.63) is 70.0 Å². The second kappa shape index (κ2) is 12.0. The molecule has 0 saturated carbocycles. The van der Waals surface area contributed by atoms with Crippen molar-refractivity contribution in [3.63, 3.8) is 0 Å². The fourth-order valence-electron chi connectivity index (χ4n) is 2.98. The first-order chi connectivity index (χ1) is 18.6. The molecule has 1 aromatic heterocycles. The molecule has 0 spiro atoms. The van der Waals surface area contributed by atoms with Crippen LogP contribution in [0.15, 0.2) is 74.1 Å². The van der Waals surface area contributed by atoms with E-state index in [9.17, 15) is 18.5 Å². The standard InChI is InChI=1S/C19H17N13O6S/c20-7-11-8-25-31(10-11)15-4-2-13(32(33)34)5-17(15)39(35,36)26-9-12-1-3-14(37-18(27-21)28-22)6-16(12)38-19(29-23)30-24/h1-6,8,10,21,23,26H,9,22,24H2. The summed E-state index contributed by atoms with van der Waals surface area (Å²) in [6.07, 6.45) is 2.45. The summed E-state index contributed by atoms with van der Waals surface area (Å²) in [7, 11) is -4.46. The summed E-state index contributed by atoms with van der Waals surface area (Å²) in [5.41, 5.74) is 13.8. The lowest BCUT2D eigenvalue weighted by atomic mass is 10.2. The number of sulfonamides is 1. The first kappa shape index (κ1) is 27.8. The van der Waals surface area contributed by atoms with Gasteiger partial charge in [0.1, 0.15) is 22.5 Å². The number of hydrogen-bond donors (Lipinski definition) is 5. The molecule has 2 aromatic carbocycles. The summed E-state index contributed by atoms with van der Waals surface area (Å²) in [5, 5.41) is 36.6. The molecule has 19 nitrogen and oxygen atoms in total. The molecule has 0 atom stereocenters. The number of nitriles is 1. The van der Waals surface area contributed by atoms with E-state index in [0.29, 0.717) is 0 Å². The van der Waals surface area contributed by atoms with Crippen molar-refractivity contribution in [2.45, 2.75) is 11.4 Å². The van der Waals surface area contributed by atoms with Crippen LogP contribution in [-0.4, -0.2) is 35.2 Å². The average Bonchev–Trinajstić information content (AvgIpc) is 3.43. The molecule has 200 valence electrons. The number of aromatic nitrogens is 2. The zero-order valence-corrected chi connectivity index (χ0v) is 20.2. The van der Waals surface area contributed by atoms with Crippen molar-refractivity contribution in [3.8, 4) is 23.3 Å². The topological polar surface area (TPSA) is 299 Å². The van der Waals surface area contributed by atoms with E-state index < -0.39 is 44.1 Å². The Morgan fingerprint density at radius 2 is 1.85 bits per heavy atom. The number of non-ortho nitro benzene ring substituents is 1. The molecule has 0 unspecified atom stereocenters. The average molecular weight is 555 g/mol. The van der Waals surface area contributed by atoms with Crippen LogP contribution in [-0.2, 0) is 16.6 Å². The molecule has 0 amide bonds. The highest BCUT2D eigenvalue weighted by Gasteiger charge is 2.25. The smallest absolute Gasteiger partial charge is 0.357 e. The summed E-state index contributed by atoms with van der Waals surface area (Å²) >= 11 is 0. The monoisotopic (exact) mass is 555 g/mol. The Hall–Kier alpha value is -5.81. The van der Waals surface area contributed by atoms with Gasteiger partial charge in [0.25, 0.3) is 5.69 Å². The Labute approximate surface area is 218 Å². The molecule has 0 radical (unpaired) electrons. The number of nitro groups is 1. The summed E-state index contributed by atoms with van der Waals surface area (Å²) in [6, 6.07) is 7.76. The predicted octanol–water partition coefficient (Wildman–Crippen LogP) is 1.41. The second-order valence-corrected chi connectivity index (χ2v) is 8.78. The molecular formula is C19H17N13O6S. The maximum Gasteiger partial charge on any atom is 0.357 e. The molecule has 0 aliphatic heterocycles. The normalized spacial score (nSPS) is 11.9. The van der Waals surface area contributed by atoms with E-state index in [4.69, 9.17) is 37.5 Å². The number of hydrogen-bond acceptors (Lipinski definition) is 14. The number of amidine groups is 2. The molecule has 0 aliphatic carbocycles. The van der Waals surface area contributed by atoms with Crippen LogP contribution in [0.5, 0.6) is 11.5 Å². The van der Waals surface area contributed by atoms with Gasteiger partial charge in [0.15, 0.2) is 0 Å². The fraction of sp³-hybridized carbons (Fsp3) is 0.0526. The summed E-state index contributed by atoms with van der Waals surface area (Å²) < 4.78 is 40.6. The number of benzene rings is 2. The zero-order valence-electron chi connectivity index (χ0n) is 19.4. The minimum absolute atomic E-state index is 0.00566. The predicted molar refractivity (Wildman–Crippen MR) is 130 cm³/mol. The molecule has 20 heteroatoms. The van der Waals surface area contributed by atoms with E-state index >= 15 is 0 Å². The van der Waals surface area contributed by atoms with Crippen molar-refractivity contribution < 1.29 is 22.8 Å². The van der Waals surface area contributed by atoms with Crippen LogP contribution >= 0.6 is 0 Å². The van der Waals surface area contributed by atoms with Gasteiger partial charge in [-0.3, -0.25) is 10.1 Å². The van der Waals surface area contributed by atoms with Crippen LogP contribution < -0.4 is 25.9 Å². The van der Waals surface area contributed by atoms with Gasteiger partial charge in [0.2, 0.25) is 10.0 Å². The number of nitrogens with two attached hydrogens (primary N) is 2. The van der Waals surface area contributed by atoms with Gasteiger partial charge in [-0.25, -0.2) is 17.8 Å². The van der Waals surface area contributed by atoms with Crippen molar-refractivity contribution in [1.29, 1.82) is 16.3 Å². The number of nitrogens with one attached hydrogen (secondary N) is 3. The third-order valence-corrected chi connectivity index (χ3v) is 6.15. The summed E-state index contributed by atoms with van der Waals surface area (Å²) in [6.45, 7) is -0.445. The Kier molecular flexibility index (Phi) is 8.51. The Morgan fingerprint density at radius 3 is 2.44 bits per heavy atom. The van der Waals surface area contributed by atoms with Gasteiger partial charge >= 0.3 is 12.0 Å². The molecule has 0 aliphatic rings. The first-order valence-corrected chi connectivity index (χ1v) is 11.7. The Balaban J connectivity index is 2.01. The number of hydrazone groups is 2. The second-order valence-electron chi connectivity index (χ2n) is 7.04. The van der Waals surface area contributed by atoms with Crippen LogP contribution in [0, 0.1) is 32.5 Å². The summed E-state index contributed by atoms with van der Waals surface area (Å²) in [5.74, 6) is 10.1. The number of ether oxygens (including phenoxy) is 2. The third kappa shape index (κ3) is 6.50. The van der Waals surface area contributed by atoms with E-state index in [2.05, 4.69) is 30.3 Å². The van der Waals surface area contributed by atoms with E-state index in [1.165, 1.54) is 36.7 Å². The van der Waals surface area contributed by atoms with Gasteiger partial charge in [0.05, 0.1) is 22.4 Å². The zero-order chi connectivity index (χ0) is 28.6.